The number of rotatable bonds is 6. The highest BCUT2D eigenvalue weighted by molar-refractivity contribution is 6.43. The van der Waals surface area contributed by atoms with E-state index in [1.54, 1.807) is 25.2 Å². The van der Waals surface area contributed by atoms with Crippen LogP contribution < -0.4 is 16.7 Å². The molecule has 3 N–H and O–H groups in total. The van der Waals surface area contributed by atoms with Gasteiger partial charge in [0.1, 0.15) is 11.6 Å². The Kier molecular flexibility index (Phi) is 6.92. The number of halogens is 3. The quantitative estimate of drug-likeness (QED) is 0.570. The zero-order valence-electron chi connectivity index (χ0n) is 16.5. The molecule has 30 heavy (non-hydrogen) atoms. The number of hydrogen-bond acceptors (Lipinski definition) is 4. The Hall–Kier alpha value is -2.67. The zero-order chi connectivity index (χ0) is 21.8. The van der Waals surface area contributed by atoms with Crippen molar-refractivity contribution in [3.8, 4) is 5.69 Å². The molecule has 1 heterocycles. The summed E-state index contributed by atoms with van der Waals surface area (Å²) in [6.07, 6.45) is 5.28. The number of allylic oxidation sites excluding steroid dienone is 1. The van der Waals surface area contributed by atoms with Crippen LogP contribution in [0.15, 0.2) is 53.5 Å². The monoisotopic (exact) mass is 446 g/mol. The van der Waals surface area contributed by atoms with Gasteiger partial charge in [0.05, 0.1) is 15.7 Å². The van der Waals surface area contributed by atoms with Gasteiger partial charge in [-0.1, -0.05) is 54.4 Å². The minimum absolute atomic E-state index is 0.0731. The normalized spacial score (nSPS) is 12.4. The fourth-order valence-corrected chi connectivity index (χ4v) is 3.42. The van der Waals surface area contributed by atoms with E-state index >= 15 is 0 Å². The van der Waals surface area contributed by atoms with E-state index in [4.69, 9.17) is 28.9 Å². The van der Waals surface area contributed by atoms with Gasteiger partial charge < -0.3 is 11.1 Å². The number of hydrogen-bond donors (Lipinski definition) is 2. The predicted molar refractivity (Wildman–Crippen MR) is 121 cm³/mol. The molecule has 0 spiro atoms. The van der Waals surface area contributed by atoms with Crippen LogP contribution in [0.25, 0.3) is 11.8 Å². The first-order valence-corrected chi connectivity index (χ1v) is 10.0. The van der Waals surface area contributed by atoms with Crippen LogP contribution in [0.4, 0.5) is 10.2 Å². The fourth-order valence-electron chi connectivity index (χ4n) is 3.00. The van der Waals surface area contributed by atoms with Crippen LogP contribution in [0.3, 0.4) is 0 Å². The number of nitrogens with two attached hydrogens (primary N) is 1. The Morgan fingerprint density at radius 2 is 2.03 bits per heavy atom. The van der Waals surface area contributed by atoms with Gasteiger partial charge in [0.2, 0.25) is 0 Å². The summed E-state index contributed by atoms with van der Waals surface area (Å²) in [6, 6.07) is 10.1. The van der Waals surface area contributed by atoms with Gasteiger partial charge in [0, 0.05) is 18.3 Å². The molecule has 8 heteroatoms. The average molecular weight is 447 g/mol. The molecule has 0 radical (unpaired) electrons. The van der Waals surface area contributed by atoms with Gasteiger partial charge in [0.25, 0.3) is 0 Å². The lowest BCUT2D eigenvalue weighted by molar-refractivity contribution is 0.600. The first-order chi connectivity index (χ1) is 14.3. The second kappa shape index (κ2) is 9.43. The van der Waals surface area contributed by atoms with E-state index in [9.17, 15) is 9.18 Å². The molecule has 0 amide bonds. The molecule has 5 nitrogen and oxygen atoms in total. The SMILES string of the molecule is CNCc1ccc(/C=C/C(C)c2cc(Cl)c(Cl)c(-n3ccc(N)nc3=O)c2)cc1F. The van der Waals surface area contributed by atoms with Crippen LogP contribution in [-0.4, -0.2) is 16.6 Å². The molecule has 156 valence electrons. The number of nitrogen functional groups attached to an aromatic ring is 1. The minimum Gasteiger partial charge on any atom is -0.383 e. The van der Waals surface area contributed by atoms with Crippen LogP contribution >= 0.6 is 23.2 Å². The van der Waals surface area contributed by atoms with Crippen molar-refractivity contribution >= 4 is 35.1 Å². The van der Waals surface area contributed by atoms with Crippen molar-refractivity contribution in [2.75, 3.05) is 12.8 Å². The molecule has 0 bridgehead atoms. The zero-order valence-corrected chi connectivity index (χ0v) is 18.0. The molecule has 3 rings (SSSR count). The smallest absolute Gasteiger partial charge is 0.354 e. The van der Waals surface area contributed by atoms with Gasteiger partial charge >= 0.3 is 5.69 Å². The minimum atomic E-state index is -0.551. The molecule has 1 atom stereocenters. The molecule has 0 aliphatic rings. The molecule has 0 aliphatic carbocycles. The van der Waals surface area contributed by atoms with Gasteiger partial charge in [-0.25, -0.2) is 9.18 Å². The first kappa shape index (κ1) is 22.0. The van der Waals surface area contributed by atoms with E-state index < -0.39 is 5.69 Å². The number of nitrogens with one attached hydrogen (secondary N) is 1. The highest BCUT2D eigenvalue weighted by Crippen LogP contribution is 2.33. The van der Waals surface area contributed by atoms with Crippen LogP contribution in [0.1, 0.15) is 29.5 Å². The lowest BCUT2D eigenvalue weighted by Gasteiger charge is -2.14. The predicted octanol–water partition coefficient (Wildman–Crippen LogP) is 4.80. The highest BCUT2D eigenvalue weighted by Gasteiger charge is 2.14. The number of aromatic nitrogens is 2. The van der Waals surface area contributed by atoms with E-state index in [1.807, 2.05) is 25.1 Å². The topological polar surface area (TPSA) is 72.9 Å². The molecule has 0 aliphatic heterocycles. The van der Waals surface area contributed by atoms with Crippen molar-refractivity contribution in [2.24, 2.45) is 0 Å². The molecule has 2 aromatic carbocycles. The van der Waals surface area contributed by atoms with Gasteiger partial charge in [-0.05, 0) is 48.4 Å². The number of anilines is 1. The molecule has 0 saturated heterocycles. The number of benzene rings is 2. The van der Waals surface area contributed by atoms with Gasteiger partial charge in [-0.15, -0.1) is 0 Å². The van der Waals surface area contributed by atoms with Crippen molar-refractivity contribution in [1.82, 2.24) is 14.9 Å². The van der Waals surface area contributed by atoms with Crippen molar-refractivity contribution < 1.29 is 4.39 Å². The maximum atomic E-state index is 14.1. The maximum Gasteiger partial charge on any atom is 0.354 e. The Labute approximate surface area is 184 Å². The molecular formula is C22H21Cl2FN4O. The van der Waals surface area contributed by atoms with Crippen molar-refractivity contribution in [3.63, 3.8) is 0 Å². The fraction of sp³-hybridized carbons (Fsp3) is 0.182. The van der Waals surface area contributed by atoms with E-state index in [0.29, 0.717) is 22.8 Å². The van der Waals surface area contributed by atoms with E-state index in [1.165, 1.54) is 22.9 Å². The molecule has 3 aromatic rings. The third kappa shape index (κ3) is 4.90. The van der Waals surface area contributed by atoms with E-state index in [2.05, 4.69) is 10.3 Å². The van der Waals surface area contributed by atoms with Crippen LogP contribution in [0.5, 0.6) is 0 Å². The Balaban J connectivity index is 1.92. The second-order valence-electron chi connectivity index (χ2n) is 6.87. The molecule has 0 fully saturated rings. The maximum absolute atomic E-state index is 14.1. The van der Waals surface area contributed by atoms with Crippen molar-refractivity contribution in [3.05, 3.63) is 91.7 Å². The summed E-state index contributed by atoms with van der Waals surface area (Å²) in [7, 11) is 1.77. The molecular weight excluding hydrogens is 426 g/mol. The third-order valence-electron chi connectivity index (χ3n) is 4.66. The summed E-state index contributed by atoms with van der Waals surface area (Å²) in [4.78, 5) is 15.9. The third-order valence-corrected chi connectivity index (χ3v) is 5.46. The summed E-state index contributed by atoms with van der Waals surface area (Å²) in [5.74, 6) is -0.207. The highest BCUT2D eigenvalue weighted by atomic mass is 35.5. The van der Waals surface area contributed by atoms with E-state index in [0.717, 1.165) is 11.1 Å². The van der Waals surface area contributed by atoms with Crippen LogP contribution in [0.2, 0.25) is 10.0 Å². The first-order valence-electron chi connectivity index (χ1n) is 9.26. The standard InChI is InChI=1S/C22H21Cl2FN4O/c1-13(3-4-14-5-6-15(12-27-2)18(25)9-14)16-10-17(23)21(24)19(11-16)29-8-7-20(26)28-22(29)30/h3-11,13,27H,12H2,1-2H3,(H2,26,28,30)/b4-3+. The summed E-state index contributed by atoms with van der Waals surface area (Å²) in [5.41, 5.74) is 7.62. The summed E-state index contributed by atoms with van der Waals surface area (Å²) < 4.78 is 15.4. The molecule has 0 saturated carbocycles. The Morgan fingerprint density at radius 1 is 1.27 bits per heavy atom. The Bertz CT molecular complexity index is 1160. The largest absolute Gasteiger partial charge is 0.383 e. The van der Waals surface area contributed by atoms with Gasteiger partial charge in [-0.3, -0.25) is 4.57 Å². The average Bonchev–Trinajstić information content (AvgIpc) is 2.70. The summed E-state index contributed by atoms with van der Waals surface area (Å²) in [6.45, 7) is 2.44. The van der Waals surface area contributed by atoms with Crippen molar-refractivity contribution in [1.29, 1.82) is 0 Å². The van der Waals surface area contributed by atoms with E-state index in [-0.39, 0.29) is 22.6 Å². The van der Waals surface area contributed by atoms with Crippen LogP contribution in [-0.2, 0) is 6.54 Å². The van der Waals surface area contributed by atoms with Gasteiger partial charge in [-0.2, -0.15) is 4.98 Å². The van der Waals surface area contributed by atoms with Gasteiger partial charge in [0.15, 0.2) is 0 Å². The molecule has 1 aromatic heterocycles. The number of nitrogens with zero attached hydrogens (tertiary/aromatic N) is 2. The lowest BCUT2D eigenvalue weighted by atomic mass is 9.98. The second-order valence-corrected chi connectivity index (χ2v) is 7.65. The molecule has 1 unspecified atom stereocenters. The van der Waals surface area contributed by atoms with Crippen molar-refractivity contribution in [2.45, 2.75) is 19.4 Å². The van der Waals surface area contributed by atoms with Crippen LogP contribution in [0, 0.1) is 5.82 Å². The summed E-state index contributed by atoms with van der Waals surface area (Å²) in [5, 5.41) is 3.49. The Morgan fingerprint density at radius 3 is 2.70 bits per heavy atom. The summed E-state index contributed by atoms with van der Waals surface area (Å²) >= 11 is 12.6. The lowest BCUT2D eigenvalue weighted by Crippen LogP contribution is -2.22.